The van der Waals surface area contributed by atoms with Gasteiger partial charge >= 0.3 is 5.97 Å². The number of piperidine rings is 1. The van der Waals surface area contributed by atoms with Gasteiger partial charge in [-0.2, -0.15) is 0 Å². The zero-order valence-electron chi connectivity index (χ0n) is 14.7. The summed E-state index contributed by atoms with van der Waals surface area (Å²) in [6, 6.07) is 17.9. The first-order valence-corrected chi connectivity index (χ1v) is 8.89. The third-order valence-electron chi connectivity index (χ3n) is 5.38. The van der Waals surface area contributed by atoms with Gasteiger partial charge in [-0.1, -0.05) is 67.6 Å². The van der Waals surface area contributed by atoms with Crippen molar-refractivity contribution in [1.82, 2.24) is 4.90 Å². The highest BCUT2D eigenvalue weighted by molar-refractivity contribution is 5.74. The zero-order chi connectivity index (χ0) is 18.8. The SMILES string of the molecule is CCC(c1ccccc1)(c1ccccc1)N1CCC(F)(F)CC1C(=O)O. The Hall–Kier alpha value is -2.27. The van der Waals surface area contributed by atoms with Gasteiger partial charge in [-0.3, -0.25) is 9.69 Å². The molecule has 1 saturated heterocycles. The molecule has 1 atom stereocenters. The molecule has 1 unspecified atom stereocenters. The summed E-state index contributed by atoms with van der Waals surface area (Å²) in [5.74, 6) is -4.15. The Morgan fingerprint density at radius 1 is 1.12 bits per heavy atom. The Morgan fingerprint density at radius 3 is 2.04 bits per heavy atom. The highest BCUT2D eigenvalue weighted by Gasteiger charge is 2.51. The van der Waals surface area contributed by atoms with Crippen LogP contribution in [0, 0.1) is 0 Å². The molecule has 3 nitrogen and oxygen atoms in total. The normalized spacial score (nSPS) is 20.7. The Kier molecular flexibility index (Phi) is 5.10. The van der Waals surface area contributed by atoms with E-state index in [0.717, 1.165) is 11.1 Å². The molecular weight excluding hydrogens is 336 g/mol. The van der Waals surface area contributed by atoms with E-state index in [1.807, 2.05) is 67.6 Å². The molecule has 5 heteroatoms. The number of nitrogens with zero attached hydrogens (tertiary/aromatic N) is 1. The van der Waals surface area contributed by atoms with Gasteiger partial charge in [-0.05, 0) is 17.5 Å². The number of hydrogen-bond acceptors (Lipinski definition) is 2. The maximum absolute atomic E-state index is 14.0. The zero-order valence-corrected chi connectivity index (χ0v) is 14.7. The van der Waals surface area contributed by atoms with Crippen LogP contribution in [-0.4, -0.2) is 34.5 Å². The van der Waals surface area contributed by atoms with Gasteiger partial charge in [-0.25, -0.2) is 8.78 Å². The van der Waals surface area contributed by atoms with Crippen molar-refractivity contribution in [3.05, 3.63) is 71.8 Å². The third kappa shape index (κ3) is 3.23. The first-order chi connectivity index (χ1) is 12.4. The van der Waals surface area contributed by atoms with Crippen LogP contribution in [0.1, 0.15) is 37.3 Å². The summed E-state index contributed by atoms with van der Waals surface area (Å²) in [7, 11) is 0. The van der Waals surface area contributed by atoms with Crippen LogP contribution in [0.15, 0.2) is 60.7 Å². The van der Waals surface area contributed by atoms with Gasteiger partial charge < -0.3 is 5.11 Å². The van der Waals surface area contributed by atoms with E-state index in [0.29, 0.717) is 6.42 Å². The van der Waals surface area contributed by atoms with Crippen molar-refractivity contribution in [3.8, 4) is 0 Å². The van der Waals surface area contributed by atoms with Crippen LogP contribution >= 0.6 is 0 Å². The van der Waals surface area contributed by atoms with Gasteiger partial charge in [0.25, 0.3) is 5.92 Å². The summed E-state index contributed by atoms with van der Waals surface area (Å²) in [6.07, 6.45) is -0.418. The van der Waals surface area contributed by atoms with Crippen LogP contribution in [0.3, 0.4) is 0 Å². The number of alkyl halides is 2. The van der Waals surface area contributed by atoms with Crippen LogP contribution in [0.4, 0.5) is 8.78 Å². The molecule has 2 aromatic carbocycles. The largest absolute Gasteiger partial charge is 0.480 e. The van der Waals surface area contributed by atoms with E-state index in [1.165, 1.54) is 0 Å². The molecule has 0 bridgehead atoms. The molecule has 0 amide bonds. The van der Waals surface area contributed by atoms with Gasteiger partial charge in [0.2, 0.25) is 0 Å². The summed E-state index contributed by atoms with van der Waals surface area (Å²) >= 11 is 0. The number of carbonyl (C=O) groups is 1. The van der Waals surface area contributed by atoms with Crippen molar-refractivity contribution in [2.45, 2.75) is 43.7 Å². The number of aliphatic carboxylic acids is 1. The summed E-state index contributed by atoms with van der Waals surface area (Å²) in [6.45, 7) is 2.01. The summed E-state index contributed by atoms with van der Waals surface area (Å²) in [4.78, 5) is 13.7. The maximum Gasteiger partial charge on any atom is 0.321 e. The fourth-order valence-electron chi connectivity index (χ4n) is 4.15. The lowest BCUT2D eigenvalue weighted by Gasteiger charge is -2.50. The first-order valence-electron chi connectivity index (χ1n) is 8.89. The molecule has 0 radical (unpaired) electrons. The van der Waals surface area contributed by atoms with Crippen molar-refractivity contribution in [2.75, 3.05) is 6.54 Å². The highest BCUT2D eigenvalue weighted by atomic mass is 19.3. The van der Waals surface area contributed by atoms with Gasteiger partial charge in [0.1, 0.15) is 6.04 Å². The van der Waals surface area contributed by atoms with Crippen LogP contribution in [0.2, 0.25) is 0 Å². The number of carboxylic acids is 1. The predicted molar refractivity (Wildman–Crippen MR) is 96.3 cm³/mol. The van der Waals surface area contributed by atoms with E-state index in [4.69, 9.17) is 0 Å². The molecule has 0 aliphatic carbocycles. The van der Waals surface area contributed by atoms with Crippen molar-refractivity contribution in [1.29, 1.82) is 0 Å². The number of likely N-dealkylation sites (tertiary alicyclic amines) is 1. The molecule has 1 aliphatic heterocycles. The van der Waals surface area contributed by atoms with E-state index in [9.17, 15) is 18.7 Å². The molecule has 26 heavy (non-hydrogen) atoms. The summed E-state index contributed by atoms with van der Waals surface area (Å²) in [5.41, 5.74) is 1.08. The number of benzene rings is 2. The molecular formula is C21H23F2NO2. The molecule has 0 aromatic heterocycles. The van der Waals surface area contributed by atoms with Gasteiger partial charge in [-0.15, -0.1) is 0 Å². The highest BCUT2D eigenvalue weighted by Crippen LogP contribution is 2.45. The van der Waals surface area contributed by atoms with Gasteiger partial charge in [0.15, 0.2) is 0 Å². The van der Waals surface area contributed by atoms with E-state index in [-0.39, 0.29) is 13.0 Å². The first kappa shape index (κ1) is 18.5. The van der Waals surface area contributed by atoms with Gasteiger partial charge in [0.05, 0.1) is 5.54 Å². The molecule has 1 aliphatic rings. The minimum Gasteiger partial charge on any atom is -0.480 e. The molecule has 3 rings (SSSR count). The van der Waals surface area contributed by atoms with Crippen LogP contribution in [0.5, 0.6) is 0 Å². The molecule has 2 aromatic rings. The number of rotatable bonds is 5. The quantitative estimate of drug-likeness (QED) is 0.853. The average molecular weight is 359 g/mol. The molecule has 1 N–H and O–H groups in total. The standard InChI is InChI=1S/C21H23F2NO2/c1-2-21(16-9-5-3-6-10-16,17-11-7-4-8-12-17)24-14-13-20(22,23)15-18(24)19(25)26/h3-12,18H,2,13-15H2,1H3,(H,25,26). The lowest BCUT2D eigenvalue weighted by Crippen LogP contribution is -2.59. The molecule has 1 fully saturated rings. The molecule has 138 valence electrons. The van der Waals surface area contributed by atoms with Crippen LogP contribution < -0.4 is 0 Å². The minimum absolute atomic E-state index is 0.0294. The third-order valence-corrected chi connectivity index (χ3v) is 5.38. The van der Waals surface area contributed by atoms with E-state index < -0.39 is 29.9 Å². The van der Waals surface area contributed by atoms with Crippen LogP contribution in [0.25, 0.3) is 0 Å². The average Bonchev–Trinajstić information content (AvgIpc) is 2.65. The fourth-order valence-corrected chi connectivity index (χ4v) is 4.15. The molecule has 0 spiro atoms. The lowest BCUT2D eigenvalue weighted by atomic mass is 9.76. The Morgan fingerprint density at radius 2 is 1.62 bits per heavy atom. The topological polar surface area (TPSA) is 40.5 Å². The van der Waals surface area contributed by atoms with Crippen molar-refractivity contribution < 1.29 is 18.7 Å². The second-order valence-electron chi connectivity index (χ2n) is 6.80. The fraction of sp³-hybridized carbons (Fsp3) is 0.381. The van der Waals surface area contributed by atoms with E-state index in [2.05, 4.69) is 0 Å². The van der Waals surface area contributed by atoms with Crippen molar-refractivity contribution >= 4 is 5.97 Å². The van der Waals surface area contributed by atoms with Crippen LogP contribution in [-0.2, 0) is 10.3 Å². The van der Waals surface area contributed by atoms with Gasteiger partial charge in [0, 0.05) is 19.4 Å². The van der Waals surface area contributed by atoms with E-state index in [1.54, 1.807) is 4.90 Å². The van der Waals surface area contributed by atoms with E-state index >= 15 is 0 Å². The number of carboxylic acid groups (broad SMARTS) is 1. The maximum atomic E-state index is 14.0. The Bertz CT molecular complexity index is 710. The number of halogens is 2. The lowest BCUT2D eigenvalue weighted by molar-refractivity contribution is -0.160. The number of hydrogen-bond donors (Lipinski definition) is 1. The smallest absolute Gasteiger partial charge is 0.321 e. The van der Waals surface area contributed by atoms with Crippen molar-refractivity contribution in [3.63, 3.8) is 0 Å². The monoisotopic (exact) mass is 359 g/mol. The molecule has 1 heterocycles. The minimum atomic E-state index is -2.95. The van der Waals surface area contributed by atoms with Crippen molar-refractivity contribution in [2.24, 2.45) is 0 Å². The summed E-state index contributed by atoms with van der Waals surface area (Å²) in [5, 5.41) is 9.72. The predicted octanol–water partition coefficient (Wildman–Crippen LogP) is 4.52. The molecule has 0 saturated carbocycles. The summed E-state index contributed by atoms with van der Waals surface area (Å²) < 4.78 is 28.0. The Balaban J connectivity index is 2.19. The second-order valence-corrected chi connectivity index (χ2v) is 6.80. The Labute approximate surface area is 152 Å². The second kappa shape index (κ2) is 7.16.